The first-order valence-electron chi connectivity index (χ1n) is 7.48. The summed E-state index contributed by atoms with van der Waals surface area (Å²) in [6, 6.07) is 18.4. The van der Waals surface area contributed by atoms with E-state index < -0.39 is 0 Å². The molecule has 0 unspecified atom stereocenters. The number of nitrogens with one attached hydrogen (secondary N) is 1. The second-order valence-electron chi connectivity index (χ2n) is 5.39. The van der Waals surface area contributed by atoms with Gasteiger partial charge in [-0.3, -0.25) is 4.98 Å². The van der Waals surface area contributed by atoms with Crippen LogP contribution in [0.2, 0.25) is 0 Å². The maximum absolute atomic E-state index is 5.89. The summed E-state index contributed by atoms with van der Waals surface area (Å²) in [4.78, 5) is 4.66. The van der Waals surface area contributed by atoms with Gasteiger partial charge in [-0.25, -0.2) is 0 Å². The number of hydrogen-bond donors (Lipinski definition) is 1. The van der Waals surface area contributed by atoms with Crippen LogP contribution in [0.4, 0.5) is 0 Å². The molecule has 3 nitrogen and oxygen atoms in total. The van der Waals surface area contributed by atoms with Gasteiger partial charge in [0.05, 0.1) is 5.52 Å². The zero-order valence-corrected chi connectivity index (χ0v) is 13.0. The number of fused-ring (bicyclic) bond motifs is 1. The molecule has 0 aliphatic rings. The molecule has 112 valence electrons. The van der Waals surface area contributed by atoms with Crippen molar-refractivity contribution in [2.24, 2.45) is 0 Å². The van der Waals surface area contributed by atoms with Gasteiger partial charge in [-0.15, -0.1) is 0 Å². The van der Waals surface area contributed by atoms with E-state index in [0.717, 1.165) is 28.9 Å². The normalized spacial score (nSPS) is 10.8. The van der Waals surface area contributed by atoms with Crippen molar-refractivity contribution in [1.82, 2.24) is 10.3 Å². The highest BCUT2D eigenvalue weighted by Crippen LogP contribution is 2.22. The predicted molar refractivity (Wildman–Crippen MR) is 90.0 cm³/mol. The molecular weight excluding hydrogens is 272 g/mol. The maximum atomic E-state index is 5.89. The first-order chi connectivity index (χ1) is 10.8. The Hall–Kier alpha value is -2.39. The average Bonchev–Trinajstić information content (AvgIpc) is 2.55. The summed E-state index contributed by atoms with van der Waals surface area (Å²) in [7, 11) is 1.95. The fourth-order valence-electron chi connectivity index (χ4n) is 2.49. The lowest BCUT2D eigenvalue weighted by Gasteiger charge is -2.10. The molecule has 3 rings (SSSR count). The minimum atomic E-state index is 0.578. The Morgan fingerprint density at radius 3 is 2.64 bits per heavy atom. The molecule has 0 saturated carbocycles. The molecule has 0 bridgehead atoms. The molecule has 0 radical (unpaired) electrons. The number of nitrogens with zero attached hydrogens (tertiary/aromatic N) is 1. The van der Waals surface area contributed by atoms with Crippen LogP contribution < -0.4 is 10.1 Å². The van der Waals surface area contributed by atoms with Crippen LogP contribution in [0.25, 0.3) is 10.9 Å². The van der Waals surface area contributed by atoms with E-state index in [-0.39, 0.29) is 0 Å². The van der Waals surface area contributed by atoms with Gasteiger partial charge in [0, 0.05) is 17.6 Å². The predicted octanol–water partition coefficient (Wildman–Crippen LogP) is 3.84. The Labute approximate surface area is 131 Å². The van der Waals surface area contributed by atoms with Gasteiger partial charge in [0.1, 0.15) is 12.4 Å². The number of hydrogen-bond acceptors (Lipinski definition) is 3. The largest absolute Gasteiger partial charge is 0.489 e. The van der Waals surface area contributed by atoms with Crippen LogP contribution in [-0.2, 0) is 13.2 Å². The Morgan fingerprint density at radius 1 is 1.05 bits per heavy atom. The van der Waals surface area contributed by atoms with Crippen LogP contribution in [0.1, 0.15) is 16.8 Å². The van der Waals surface area contributed by atoms with Gasteiger partial charge >= 0.3 is 0 Å². The van der Waals surface area contributed by atoms with Crippen LogP contribution in [-0.4, -0.2) is 12.0 Å². The fraction of sp³-hybridized carbons (Fsp3) is 0.211. The highest BCUT2D eigenvalue weighted by molar-refractivity contribution is 5.81. The van der Waals surface area contributed by atoms with E-state index >= 15 is 0 Å². The van der Waals surface area contributed by atoms with Crippen molar-refractivity contribution >= 4 is 10.9 Å². The number of benzene rings is 2. The van der Waals surface area contributed by atoms with Crippen molar-refractivity contribution in [2.45, 2.75) is 20.1 Å². The van der Waals surface area contributed by atoms with Gasteiger partial charge in [0.25, 0.3) is 0 Å². The van der Waals surface area contributed by atoms with Crippen molar-refractivity contribution in [2.75, 3.05) is 7.05 Å². The van der Waals surface area contributed by atoms with E-state index in [9.17, 15) is 0 Å². The highest BCUT2D eigenvalue weighted by atomic mass is 16.5. The van der Waals surface area contributed by atoms with Gasteiger partial charge in [-0.1, -0.05) is 30.3 Å². The zero-order chi connectivity index (χ0) is 15.4. The summed E-state index contributed by atoms with van der Waals surface area (Å²) >= 11 is 0. The Kier molecular flexibility index (Phi) is 4.35. The summed E-state index contributed by atoms with van der Waals surface area (Å²) in [5.41, 5.74) is 4.46. The second-order valence-corrected chi connectivity index (χ2v) is 5.39. The summed E-state index contributed by atoms with van der Waals surface area (Å²) in [5, 5.41) is 4.29. The van der Waals surface area contributed by atoms with Crippen molar-refractivity contribution < 1.29 is 4.74 Å². The number of ether oxygens (including phenoxy) is 1. The van der Waals surface area contributed by atoms with E-state index in [4.69, 9.17) is 4.74 Å². The van der Waals surface area contributed by atoms with Gasteiger partial charge < -0.3 is 10.1 Å². The van der Waals surface area contributed by atoms with E-state index in [2.05, 4.69) is 34.6 Å². The summed E-state index contributed by atoms with van der Waals surface area (Å²) in [6.45, 7) is 3.45. The summed E-state index contributed by atoms with van der Waals surface area (Å²) in [5.74, 6) is 0.873. The molecule has 0 atom stereocenters. The molecule has 0 aliphatic carbocycles. The summed E-state index contributed by atoms with van der Waals surface area (Å²) in [6.07, 6.45) is 0. The van der Waals surface area contributed by atoms with E-state index in [1.165, 1.54) is 11.1 Å². The molecule has 3 heteroatoms. The molecule has 3 aromatic rings. The van der Waals surface area contributed by atoms with Crippen molar-refractivity contribution in [3.63, 3.8) is 0 Å². The molecule has 0 aliphatic heterocycles. The lowest BCUT2D eigenvalue weighted by molar-refractivity contribution is 0.306. The smallest absolute Gasteiger partial charge is 0.120 e. The second kappa shape index (κ2) is 6.58. The minimum Gasteiger partial charge on any atom is -0.489 e. The van der Waals surface area contributed by atoms with Crippen LogP contribution in [0.15, 0.2) is 54.6 Å². The topological polar surface area (TPSA) is 34.1 Å². The number of aryl methyl sites for hydroxylation is 1. The third-order valence-corrected chi connectivity index (χ3v) is 3.70. The lowest BCUT2D eigenvalue weighted by Crippen LogP contribution is -2.07. The number of pyridine rings is 1. The number of rotatable bonds is 5. The first-order valence-corrected chi connectivity index (χ1v) is 7.48. The highest BCUT2D eigenvalue weighted by Gasteiger charge is 2.04. The first kappa shape index (κ1) is 14.5. The summed E-state index contributed by atoms with van der Waals surface area (Å²) < 4.78 is 5.89. The third kappa shape index (κ3) is 3.26. The maximum Gasteiger partial charge on any atom is 0.120 e. The molecule has 0 fully saturated rings. The van der Waals surface area contributed by atoms with Gasteiger partial charge in [0.15, 0.2) is 0 Å². The van der Waals surface area contributed by atoms with Crippen molar-refractivity contribution in [1.29, 1.82) is 0 Å². The molecule has 0 amide bonds. The molecule has 1 N–H and O–H groups in total. The van der Waals surface area contributed by atoms with Crippen LogP contribution in [0.3, 0.4) is 0 Å². The quantitative estimate of drug-likeness (QED) is 0.776. The van der Waals surface area contributed by atoms with Crippen LogP contribution in [0.5, 0.6) is 5.75 Å². The van der Waals surface area contributed by atoms with Gasteiger partial charge in [0.2, 0.25) is 0 Å². The van der Waals surface area contributed by atoms with Crippen molar-refractivity contribution in [3.05, 3.63) is 71.4 Å². The van der Waals surface area contributed by atoms with Gasteiger partial charge in [-0.2, -0.15) is 0 Å². The Balaban J connectivity index is 1.83. The minimum absolute atomic E-state index is 0.578. The lowest BCUT2D eigenvalue weighted by atomic mass is 10.1. The molecule has 0 saturated heterocycles. The molecule has 2 aromatic carbocycles. The monoisotopic (exact) mass is 292 g/mol. The van der Waals surface area contributed by atoms with Gasteiger partial charge in [-0.05, 0) is 49.4 Å². The Morgan fingerprint density at radius 2 is 1.86 bits per heavy atom. The fourth-order valence-corrected chi connectivity index (χ4v) is 2.49. The van der Waals surface area contributed by atoms with E-state index in [1.807, 2.05) is 44.3 Å². The SMILES string of the molecule is CNCc1cc2cc(OCc3ccccc3)ccc2nc1C. The van der Waals surface area contributed by atoms with Crippen LogP contribution in [0, 0.1) is 6.92 Å². The zero-order valence-electron chi connectivity index (χ0n) is 13.0. The third-order valence-electron chi connectivity index (χ3n) is 3.70. The molecule has 1 aromatic heterocycles. The van der Waals surface area contributed by atoms with Crippen LogP contribution >= 0.6 is 0 Å². The molecular formula is C19H20N2O. The standard InChI is InChI=1S/C19H20N2O/c1-14-17(12-20-2)10-16-11-18(8-9-19(16)21-14)22-13-15-6-4-3-5-7-15/h3-11,20H,12-13H2,1-2H3. The van der Waals surface area contributed by atoms with Crippen molar-refractivity contribution in [3.8, 4) is 5.75 Å². The average molecular weight is 292 g/mol. The van der Waals surface area contributed by atoms with E-state index in [1.54, 1.807) is 0 Å². The molecule has 0 spiro atoms. The van der Waals surface area contributed by atoms with E-state index in [0.29, 0.717) is 6.61 Å². The Bertz CT molecular complexity index is 769. The molecule has 1 heterocycles. The number of aromatic nitrogens is 1. The molecule has 22 heavy (non-hydrogen) atoms.